The number of ether oxygens (including phenoxy) is 1. The summed E-state index contributed by atoms with van der Waals surface area (Å²) in [5.74, 6) is 1.56. The van der Waals surface area contributed by atoms with Gasteiger partial charge in [-0.2, -0.15) is 5.10 Å². The zero-order chi connectivity index (χ0) is 15.9. The Morgan fingerprint density at radius 1 is 1.41 bits per heavy atom. The Bertz CT molecular complexity index is 704. The average molecular weight is 304 g/mol. The van der Waals surface area contributed by atoms with Crippen LogP contribution in [0.2, 0.25) is 0 Å². The molecule has 3 heterocycles. The quantitative estimate of drug-likeness (QED) is 0.823. The van der Waals surface area contributed by atoms with Crippen molar-refractivity contribution in [2.45, 2.75) is 26.4 Å². The van der Waals surface area contributed by atoms with E-state index in [2.05, 4.69) is 15.3 Å². The number of hydrogen-bond donors (Lipinski definition) is 0. The number of fused-ring (bicyclic) bond motifs is 1. The molecule has 8 nitrogen and oxygen atoms in total. The molecule has 1 aliphatic heterocycles. The molecule has 0 saturated carbocycles. The number of hydrogen-bond acceptors (Lipinski definition) is 5. The zero-order valence-electron chi connectivity index (χ0n) is 13.3. The first-order chi connectivity index (χ1) is 10.5. The summed E-state index contributed by atoms with van der Waals surface area (Å²) in [4.78, 5) is 14.3. The van der Waals surface area contributed by atoms with Gasteiger partial charge in [-0.3, -0.25) is 14.0 Å². The van der Waals surface area contributed by atoms with Crippen LogP contribution in [-0.2, 0) is 23.1 Å². The van der Waals surface area contributed by atoms with Crippen LogP contribution >= 0.6 is 0 Å². The molecular formula is C14H20N6O2. The van der Waals surface area contributed by atoms with E-state index in [9.17, 15) is 4.79 Å². The van der Waals surface area contributed by atoms with E-state index in [0.29, 0.717) is 25.5 Å². The Labute approximate surface area is 128 Å². The van der Waals surface area contributed by atoms with E-state index in [1.54, 1.807) is 22.9 Å². The molecule has 0 radical (unpaired) electrons. The fourth-order valence-corrected chi connectivity index (χ4v) is 2.75. The summed E-state index contributed by atoms with van der Waals surface area (Å²) in [7, 11) is 3.51. The van der Waals surface area contributed by atoms with E-state index in [-0.39, 0.29) is 11.9 Å². The summed E-state index contributed by atoms with van der Waals surface area (Å²) < 4.78 is 8.76. The molecule has 0 saturated heterocycles. The number of methoxy groups -OCH3 is 1. The van der Waals surface area contributed by atoms with E-state index in [4.69, 9.17) is 4.74 Å². The predicted octanol–water partition coefficient (Wildman–Crippen LogP) is 0.537. The molecule has 0 N–H and O–H groups in total. The summed E-state index contributed by atoms with van der Waals surface area (Å²) in [6.45, 7) is 5.39. The van der Waals surface area contributed by atoms with Gasteiger partial charge in [0.25, 0.3) is 0 Å². The molecule has 0 aromatic carbocycles. The predicted molar refractivity (Wildman–Crippen MR) is 79.0 cm³/mol. The van der Waals surface area contributed by atoms with Gasteiger partial charge >= 0.3 is 0 Å². The largest absolute Gasteiger partial charge is 0.383 e. The van der Waals surface area contributed by atoms with E-state index < -0.39 is 0 Å². The van der Waals surface area contributed by atoms with Crippen LogP contribution < -0.4 is 0 Å². The third-order valence-electron chi connectivity index (χ3n) is 4.20. The Morgan fingerprint density at radius 3 is 2.82 bits per heavy atom. The summed E-state index contributed by atoms with van der Waals surface area (Å²) in [6, 6.07) is -0.329. The van der Waals surface area contributed by atoms with E-state index in [1.807, 2.05) is 25.5 Å². The van der Waals surface area contributed by atoms with Crippen molar-refractivity contribution in [3.05, 3.63) is 17.7 Å². The van der Waals surface area contributed by atoms with Crippen molar-refractivity contribution in [2.24, 2.45) is 7.05 Å². The molecule has 22 heavy (non-hydrogen) atoms. The van der Waals surface area contributed by atoms with Crippen molar-refractivity contribution in [1.29, 1.82) is 0 Å². The molecule has 3 rings (SSSR count). The second-order valence-corrected chi connectivity index (χ2v) is 5.51. The third-order valence-corrected chi connectivity index (χ3v) is 4.20. The lowest BCUT2D eigenvalue weighted by Crippen LogP contribution is -2.43. The van der Waals surface area contributed by atoms with E-state index in [0.717, 1.165) is 17.1 Å². The molecule has 118 valence electrons. The Kier molecular flexibility index (Phi) is 3.69. The maximum atomic E-state index is 12.5. The number of aromatic nitrogens is 5. The fraction of sp³-hybridized carbons (Fsp3) is 0.571. The first-order valence-corrected chi connectivity index (χ1v) is 7.25. The minimum atomic E-state index is -0.329. The summed E-state index contributed by atoms with van der Waals surface area (Å²) in [5, 5.41) is 12.8. The summed E-state index contributed by atoms with van der Waals surface area (Å²) in [6.07, 6.45) is 1.77. The van der Waals surface area contributed by atoms with Crippen LogP contribution in [-0.4, -0.2) is 55.6 Å². The highest BCUT2D eigenvalue weighted by molar-refractivity contribution is 5.82. The number of aryl methyl sites for hydroxylation is 1. The highest BCUT2D eigenvalue weighted by Gasteiger charge is 2.33. The fourth-order valence-electron chi connectivity index (χ4n) is 2.75. The van der Waals surface area contributed by atoms with Crippen molar-refractivity contribution < 1.29 is 9.53 Å². The molecule has 0 spiro atoms. The Balaban J connectivity index is 1.99. The first-order valence-electron chi connectivity index (χ1n) is 7.25. The lowest BCUT2D eigenvalue weighted by atomic mass is 10.1. The maximum absolute atomic E-state index is 12.5. The zero-order valence-corrected chi connectivity index (χ0v) is 13.3. The number of carbonyl (C=O) groups excluding carboxylic acids is 1. The van der Waals surface area contributed by atoms with Crippen LogP contribution in [0.5, 0.6) is 0 Å². The highest BCUT2D eigenvalue weighted by atomic mass is 16.5. The van der Waals surface area contributed by atoms with Gasteiger partial charge in [0.2, 0.25) is 5.91 Å². The first kappa shape index (κ1) is 14.7. The van der Waals surface area contributed by atoms with Crippen molar-refractivity contribution >= 4 is 5.91 Å². The molecule has 1 amide bonds. The van der Waals surface area contributed by atoms with E-state index >= 15 is 0 Å². The topological polar surface area (TPSA) is 78.1 Å². The number of carbonyl (C=O) groups is 1. The second-order valence-electron chi connectivity index (χ2n) is 5.51. The van der Waals surface area contributed by atoms with Gasteiger partial charge < -0.3 is 9.64 Å². The molecule has 2 aromatic heterocycles. The number of rotatable bonds is 4. The molecule has 0 unspecified atom stereocenters. The van der Waals surface area contributed by atoms with Crippen LogP contribution in [0.25, 0.3) is 11.4 Å². The Morgan fingerprint density at radius 2 is 2.18 bits per heavy atom. The van der Waals surface area contributed by atoms with Crippen LogP contribution in [0.15, 0.2) is 6.20 Å². The standard InChI is InChI=1S/C14H20N6O2/c1-9-11(7-15-18(9)3)13-17-16-12-8-19(5-6-22-4)14(21)10(2)20(12)13/h7,10H,5-6,8H2,1-4H3/t10-/m0/s1. The minimum Gasteiger partial charge on any atom is -0.383 e. The van der Waals surface area contributed by atoms with Gasteiger partial charge in [-0.15, -0.1) is 10.2 Å². The van der Waals surface area contributed by atoms with Crippen molar-refractivity contribution in [3.8, 4) is 11.4 Å². The lowest BCUT2D eigenvalue weighted by Gasteiger charge is -2.31. The minimum absolute atomic E-state index is 0.0622. The molecule has 1 atom stereocenters. The second kappa shape index (κ2) is 5.53. The lowest BCUT2D eigenvalue weighted by molar-refractivity contribution is -0.137. The normalized spacial score (nSPS) is 17.9. The smallest absolute Gasteiger partial charge is 0.245 e. The third kappa shape index (κ3) is 2.19. The van der Waals surface area contributed by atoms with Crippen molar-refractivity contribution in [2.75, 3.05) is 20.3 Å². The van der Waals surface area contributed by atoms with Crippen LogP contribution in [0, 0.1) is 6.92 Å². The molecule has 0 aliphatic carbocycles. The molecule has 0 bridgehead atoms. The highest BCUT2D eigenvalue weighted by Crippen LogP contribution is 2.29. The van der Waals surface area contributed by atoms with Crippen LogP contribution in [0.4, 0.5) is 0 Å². The van der Waals surface area contributed by atoms with Gasteiger partial charge in [0, 0.05) is 26.4 Å². The van der Waals surface area contributed by atoms with Crippen LogP contribution in [0.1, 0.15) is 24.5 Å². The van der Waals surface area contributed by atoms with Gasteiger partial charge in [-0.25, -0.2) is 0 Å². The molecule has 2 aromatic rings. The van der Waals surface area contributed by atoms with Gasteiger partial charge in [0.05, 0.1) is 24.9 Å². The molecule has 0 fully saturated rings. The summed E-state index contributed by atoms with van der Waals surface area (Å²) in [5.41, 5.74) is 1.91. The average Bonchev–Trinajstić information content (AvgIpc) is 3.06. The van der Waals surface area contributed by atoms with Gasteiger partial charge in [-0.05, 0) is 13.8 Å². The number of nitrogens with zero attached hydrogens (tertiary/aromatic N) is 6. The van der Waals surface area contributed by atoms with Crippen LogP contribution in [0.3, 0.4) is 0 Å². The van der Waals surface area contributed by atoms with Gasteiger partial charge in [0.1, 0.15) is 6.04 Å². The number of amides is 1. The van der Waals surface area contributed by atoms with Gasteiger partial charge in [-0.1, -0.05) is 0 Å². The molecular weight excluding hydrogens is 284 g/mol. The SMILES string of the molecule is COCCN1Cc2nnc(-c3cnn(C)c3C)n2[C@@H](C)C1=O. The Hall–Kier alpha value is -2.22. The molecule has 8 heteroatoms. The monoisotopic (exact) mass is 304 g/mol. The summed E-state index contributed by atoms with van der Waals surface area (Å²) >= 11 is 0. The molecule has 1 aliphatic rings. The van der Waals surface area contributed by atoms with Crippen molar-refractivity contribution in [3.63, 3.8) is 0 Å². The maximum Gasteiger partial charge on any atom is 0.245 e. The van der Waals surface area contributed by atoms with Gasteiger partial charge in [0.15, 0.2) is 11.6 Å². The van der Waals surface area contributed by atoms with Crippen molar-refractivity contribution in [1.82, 2.24) is 29.4 Å². The van der Waals surface area contributed by atoms with E-state index in [1.165, 1.54) is 0 Å².